The molecule has 0 spiro atoms. The lowest BCUT2D eigenvalue weighted by Gasteiger charge is -2.19. The number of hydrogen-bond donors (Lipinski definition) is 0. The van der Waals surface area contributed by atoms with Gasteiger partial charge in [0, 0.05) is 5.69 Å². The van der Waals surface area contributed by atoms with Crippen molar-refractivity contribution in [1.82, 2.24) is 9.78 Å². The van der Waals surface area contributed by atoms with Crippen molar-refractivity contribution < 1.29 is 9.53 Å². The van der Waals surface area contributed by atoms with E-state index in [4.69, 9.17) is 4.74 Å². The molecule has 1 heterocycles. The molecule has 106 valence electrons. The molecular formula is C15H24N2O2. The molecular weight excluding hydrogens is 240 g/mol. The van der Waals surface area contributed by atoms with Gasteiger partial charge in [-0.2, -0.15) is 5.10 Å². The number of rotatable bonds is 3. The van der Waals surface area contributed by atoms with Crippen molar-refractivity contribution >= 4 is 5.97 Å². The first kappa shape index (κ1) is 14.1. The molecule has 0 atom stereocenters. The van der Waals surface area contributed by atoms with Crippen LogP contribution >= 0.6 is 0 Å². The normalized spacial score (nSPS) is 14.8. The molecule has 0 aliphatic heterocycles. The summed E-state index contributed by atoms with van der Waals surface area (Å²) in [4.78, 5) is 11.9. The average molecular weight is 264 g/mol. The van der Waals surface area contributed by atoms with E-state index in [-0.39, 0.29) is 12.5 Å². The van der Waals surface area contributed by atoms with Crippen molar-refractivity contribution in [2.45, 2.75) is 71.9 Å². The van der Waals surface area contributed by atoms with E-state index in [0.717, 1.165) is 18.5 Å². The second-order valence-corrected chi connectivity index (χ2v) is 6.56. The van der Waals surface area contributed by atoms with Gasteiger partial charge in [0.05, 0.1) is 5.69 Å². The maximum atomic E-state index is 11.9. The minimum absolute atomic E-state index is 0.208. The molecule has 0 bridgehead atoms. The van der Waals surface area contributed by atoms with E-state index in [2.05, 4.69) is 18.9 Å². The Bertz CT molecular complexity index is 481. The first-order valence-electron chi connectivity index (χ1n) is 7.08. The highest BCUT2D eigenvalue weighted by Gasteiger charge is 2.25. The number of aromatic nitrogens is 2. The Morgan fingerprint density at radius 1 is 1.37 bits per heavy atom. The van der Waals surface area contributed by atoms with Gasteiger partial charge in [-0.3, -0.25) is 9.48 Å². The summed E-state index contributed by atoms with van der Waals surface area (Å²) >= 11 is 0. The Morgan fingerprint density at radius 3 is 2.63 bits per heavy atom. The first-order valence-corrected chi connectivity index (χ1v) is 7.08. The Kier molecular flexibility index (Phi) is 3.70. The second kappa shape index (κ2) is 4.99. The number of carbonyl (C=O) groups excluding carboxylic acids is 1. The minimum atomic E-state index is -0.436. The molecule has 0 saturated heterocycles. The van der Waals surface area contributed by atoms with E-state index in [1.807, 2.05) is 25.5 Å². The van der Waals surface area contributed by atoms with Gasteiger partial charge in [0.1, 0.15) is 12.1 Å². The maximum Gasteiger partial charge on any atom is 0.328 e. The van der Waals surface area contributed by atoms with Crippen LogP contribution in [0.3, 0.4) is 0 Å². The molecule has 1 aromatic rings. The van der Waals surface area contributed by atoms with Gasteiger partial charge in [-0.25, -0.2) is 0 Å². The standard InChI is InChI=1S/C15H24N2O2/c1-10(2)14-11-7-6-8-12(11)17(16-14)9-13(18)19-15(3,4)5/h10H,6-9H2,1-5H3. The van der Waals surface area contributed by atoms with E-state index in [9.17, 15) is 4.79 Å². The fraction of sp³-hybridized carbons (Fsp3) is 0.733. The Morgan fingerprint density at radius 2 is 2.05 bits per heavy atom. The number of esters is 1. The number of carbonyl (C=O) groups is 1. The highest BCUT2D eigenvalue weighted by atomic mass is 16.6. The predicted octanol–water partition coefficient (Wildman–Crippen LogP) is 2.84. The van der Waals surface area contributed by atoms with Crippen LogP contribution in [0, 0.1) is 0 Å². The fourth-order valence-corrected chi connectivity index (χ4v) is 2.63. The predicted molar refractivity (Wildman–Crippen MR) is 74.2 cm³/mol. The summed E-state index contributed by atoms with van der Waals surface area (Å²) in [6, 6.07) is 0. The van der Waals surface area contributed by atoms with Crippen molar-refractivity contribution in [3.8, 4) is 0 Å². The Hall–Kier alpha value is -1.32. The zero-order valence-corrected chi connectivity index (χ0v) is 12.6. The first-order chi connectivity index (χ1) is 8.78. The molecule has 0 unspecified atom stereocenters. The molecule has 4 nitrogen and oxygen atoms in total. The molecule has 0 N–H and O–H groups in total. The van der Waals surface area contributed by atoms with Gasteiger partial charge in [-0.05, 0) is 51.5 Å². The van der Waals surface area contributed by atoms with E-state index >= 15 is 0 Å². The number of ether oxygens (including phenoxy) is 1. The number of nitrogens with zero attached hydrogens (tertiary/aromatic N) is 2. The van der Waals surface area contributed by atoms with Crippen LogP contribution in [0.25, 0.3) is 0 Å². The van der Waals surface area contributed by atoms with Gasteiger partial charge in [-0.15, -0.1) is 0 Å². The summed E-state index contributed by atoms with van der Waals surface area (Å²) in [6.45, 7) is 10.2. The molecule has 1 aliphatic carbocycles. The summed E-state index contributed by atoms with van der Waals surface area (Å²) in [5, 5.41) is 4.62. The fourth-order valence-electron chi connectivity index (χ4n) is 2.63. The Balaban J connectivity index is 2.18. The average Bonchev–Trinajstić information content (AvgIpc) is 2.78. The molecule has 19 heavy (non-hydrogen) atoms. The zero-order chi connectivity index (χ0) is 14.2. The molecule has 2 rings (SSSR count). The maximum absolute atomic E-state index is 11.9. The van der Waals surface area contributed by atoms with Crippen molar-refractivity contribution in [1.29, 1.82) is 0 Å². The van der Waals surface area contributed by atoms with Gasteiger partial charge < -0.3 is 4.74 Å². The van der Waals surface area contributed by atoms with Crippen molar-refractivity contribution in [2.75, 3.05) is 0 Å². The second-order valence-electron chi connectivity index (χ2n) is 6.56. The van der Waals surface area contributed by atoms with Crippen LogP contribution in [0.15, 0.2) is 0 Å². The van der Waals surface area contributed by atoms with E-state index in [1.165, 1.54) is 17.7 Å². The molecule has 0 saturated carbocycles. The van der Waals surface area contributed by atoms with E-state index in [1.54, 1.807) is 0 Å². The van der Waals surface area contributed by atoms with Crippen LogP contribution in [0.2, 0.25) is 0 Å². The van der Waals surface area contributed by atoms with Gasteiger partial charge >= 0.3 is 5.97 Å². The smallest absolute Gasteiger partial charge is 0.328 e. The Labute approximate surface area is 115 Å². The van der Waals surface area contributed by atoms with Gasteiger partial charge in [0.25, 0.3) is 0 Å². The summed E-state index contributed by atoms with van der Waals surface area (Å²) in [7, 11) is 0. The SMILES string of the molecule is CC(C)c1nn(CC(=O)OC(C)(C)C)c2c1CCC2. The molecule has 0 fully saturated rings. The van der Waals surface area contributed by atoms with E-state index < -0.39 is 5.60 Å². The van der Waals surface area contributed by atoms with Gasteiger partial charge in [0.2, 0.25) is 0 Å². The lowest BCUT2D eigenvalue weighted by molar-refractivity contribution is -0.155. The van der Waals surface area contributed by atoms with Crippen molar-refractivity contribution in [2.24, 2.45) is 0 Å². The third-order valence-electron chi connectivity index (χ3n) is 3.28. The number of fused-ring (bicyclic) bond motifs is 1. The third-order valence-corrected chi connectivity index (χ3v) is 3.28. The van der Waals surface area contributed by atoms with Crippen LogP contribution in [0.1, 0.15) is 63.9 Å². The van der Waals surface area contributed by atoms with Crippen LogP contribution < -0.4 is 0 Å². The largest absolute Gasteiger partial charge is 0.459 e. The molecule has 0 radical (unpaired) electrons. The van der Waals surface area contributed by atoms with Gasteiger partial charge in [-0.1, -0.05) is 13.8 Å². The molecule has 0 aromatic carbocycles. The van der Waals surface area contributed by atoms with Crippen LogP contribution in [0.4, 0.5) is 0 Å². The van der Waals surface area contributed by atoms with Crippen molar-refractivity contribution in [3.05, 3.63) is 17.0 Å². The summed E-state index contributed by atoms with van der Waals surface area (Å²) < 4.78 is 7.22. The quantitative estimate of drug-likeness (QED) is 0.788. The summed E-state index contributed by atoms with van der Waals surface area (Å²) in [5.41, 5.74) is 3.30. The third kappa shape index (κ3) is 3.17. The van der Waals surface area contributed by atoms with Crippen molar-refractivity contribution in [3.63, 3.8) is 0 Å². The summed E-state index contributed by atoms with van der Waals surface area (Å²) in [5.74, 6) is 0.201. The molecule has 1 aromatic heterocycles. The van der Waals surface area contributed by atoms with E-state index in [0.29, 0.717) is 5.92 Å². The topological polar surface area (TPSA) is 44.1 Å². The van der Waals surface area contributed by atoms with Crippen LogP contribution in [0.5, 0.6) is 0 Å². The zero-order valence-electron chi connectivity index (χ0n) is 12.6. The van der Waals surface area contributed by atoms with Crippen LogP contribution in [-0.4, -0.2) is 21.4 Å². The highest BCUT2D eigenvalue weighted by molar-refractivity contribution is 5.69. The molecule has 0 amide bonds. The lowest BCUT2D eigenvalue weighted by Crippen LogP contribution is -2.27. The lowest BCUT2D eigenvalue weighted by atomic mass is 10.1. The monoisotopic (exact) mass is 264 g/mol. The van der Waals surface area contributed by atoms with Gasteiger partial charge in [0.15, 0.2) is 0 Å². The molecule has 4 heteroatoms. The minimum Gasteiger partial charge on any atom is -0.459 e. The number of hydrogen-bond acceptors (Lipinski definition) is 3. The highest BCUT2D eigenvalue weighted by Crippen LogP contribution is 2.29. The molecule has 1 aliphatic rings. The summed E-state index contributed by atoms with van der Waals surface area (Å²) in [6.07, 6.45) is 3.29. The van der Waals surface area contributed by atoms with Crippen LogP contribution in [-0.2, 0) is 28.9 Å².